The highest BCUT2D eigenvalue weighted by Crippen LogP contribution is 2.32. The third-order valence-corrected chi connectivity index (χ3v) is 6.59. The molecule has 1 aliphatic rings. The van der Waals surface area contributed by atoms with E-state index in [4.69, 9.17) is 14.7 Å². The van der Waals surface area contributed by atoms with Crippen LogP contribution in [-0.4, -0.2) is 53.7 Å². The number of hydrogen-bond donors (Lipinski definition) is 3. The number of carbonyl (C=O) groups is 1. The second-order valence-electron chi connectivity index (χ2n) is 6.00. The van der Waals surface area contributed by atoms with Crippen LogP contribution in [0.15, 0.2) is 53.7 Å². The molecule has 144 valence electrons. The second kappa shape index (κ2) is 7.61. The van der Waals surface area contributed by atoms with E-state index in [0.29, 0.717) is 11.5 Å². The fraction of sp³-hybridized carbons (Fsp3) is 0.294. The minimum atomic E-state index is -4.08. The molecule has 9 nitrogen and oxygen atoms in total. The highest BCUT2D eigenvalue weighted by atomic mass is 32.2. The van der Waals surface area contributed by atoms with Crippen molar-refractivity contribution in [2.24, 2.45) is 0 Å². The van der Waals surface area contributed by atoms with Crippen molar-refractivity contribution in [2.75, 3.05) is 13.2 Å². The van der Waals surface area contributed by atoms with Gasteiger partial charge in [0.05, 0.1) is 11.5 Å². The minimum Gasteiger partial charge on any atom is -0.457 e. The molecule has 0 spiro atoms. The predicted octanol–water partition coefficient (Wildman–Crippen LogP) is 0.673. The maximum absolute atomic E-state index is 13.0. The van der Waals surface area contributed by atoms with Gasteiger partial charge >= 0.3 is 0 Å². The maximum atomic E-state index is 13.0. The molecule has 3 N–H and O–H groups in total. The van der Waals surface area contributed by atoms with Crippen LogP contribution < -0.4 is 10.2 Å². The summed E-state index contributed by atoms with van der Waals surface area (Å²) in [6.45, 7) is -0.472. The third kappa shape index (κ3) is 3.78. The SMILES string of the molecule is O=C(NO)C1(O)COCCC1S(=O)(=O)c1ccc(Oc2ccncc2)cc1. The molecule has 27 heavy (non-hydrogen) atoms. The molecule has 10 heteroatoms. The lowest BCUT2D eigenvalue weighted by molar-refractivity contribution is -0.161. The first-order valence-electron chi connectivity index (χ1n) is 8.04. The number of amides is 1. The molecule has 3 rings (SSSR count). The van der Waals surface area contributed by atoms with E-state index in [2.05, 4.69) is 4.98 Å². The van der Waals surface area contributed by atoms with E-state index in [0.717, 1.165) is 0 Å². The van der Waals surface area contributed by atoms with Crippen LogP contribution in [0, 0.1) is 0 Å². The molecule has 1 amide bonds. The van der Waals surface area contributed by atoms with Crippen molar-refractivity contribution in [3.8, 4) is 11.5 Å². The van der Waals surface area contributed by atoms with Crippen molar-refractivity contribution in [1.29, 1.82) is 0 Å². The van der Waals surface area contributed by atoms with Crippen molar-refractivity contribution >= 4 is 15.7 Å². The van der Waals surface area contributed by atoms with Gasteiger partial charge in [0, 0.05) is 19.0 Å². The Morgan fingerprint density at radius 1 is 1.19 bits per heavy atom. The predicted molar refractivity (Wildman–Crippen MR) is 92.0 cm³/mol. The molecule has 2 atom stereocenters. The summed E-state index contributed by atoms with van der Waals surface area (Å²) in [5.41, 5.74) is -1.08. The molecule has 2 heterocycles. The number of benzene rings is 1. The summed E-state index contributed by atoms with van der Waals surface area (Å²) < 4.78 is 36.6. The van der Waals surface area contributed by atoms with Crippen LogP contribution in [0.25, 0.3) is 0 Å². The summed E-state index contributed by atoms with van der Waals surface area (Å²) >= 11 is 0. The summed E-state index contributed by atoms with van der Waals surface area (Å²) in [6, 6.07) is 8.91. The average molecular weight is 394 g/mol. The zero-order chi connectivity index (χ0) is 19.5. The molecule has 0 bridgehead atoms. The number of nitrogens with zero attached hydrogens (tertiary/aromatic N) is 1. The van der Waals surface area contributed by atoms with Gasteiger partial charge in [-0.2, -0.15) is 0 Å². The van der Waals surface area contributed by atoms with Crippen LogP contribution in [0.5, 0.6) is 11.5 Å². The van der Waals surface area contributed by atoms with Gasteiger partial charge in [-0.3, -0.25) is 15.0 Å². The van der Waals surface area contributed by atoms with Gasteiger partial charge in [-0.05, 0) is 42.8 Å². The number of carbonyl (C=O) groups excluding carboxylic acids is 1. The summed E-state index contributed by atoms with van der Waals surface area (Å²) in [7, 11) is -4.08. The number of hydrogen-bond acceptors (Lipinski definition) is 8. The van der Waals surface area contributed by atoms with Gasteiger partial charge in [0.1, 0.15) is 16.7 Å². The van der Waals surface area contributed by atoms with E-state index in [1.807, 2.05) is 0 Å². The number of aromatic nitrogens is 1. The smallest absolute Gasteiger partial charge is 0.279 e. The molecule has 1 aromatic heterocycles. The summed E-state index contributed by atoms with van der Waals surface area (Å²) in [5, 5.41) is 17.9. The monoisotopic (exact) mass is 394 g/mol. The molecule has 0 radical (unpaired) electrons. The van der Waals surface area contributed by atoms with Gasteiger partial charge in [0.25, 0.3) is 5.91 Å². The van der Waals surface area contributed by atoms with Crippen molar-refractivity contribution < 1.29 is 33.0 Å². The molecule has 1 fully saturated rings. The van der Waals surface area contributed by atoms with Gasteiger partial charge in [-0.15, -0.1) is 0 Å². The largest absolute Gasteiger partial charge is 0.457 e. The summed E-state index contributed by atoms with van der Waals surface area (Å²) in [6.07, 6.45) is 3.03. The van der Waals surface area contributed by atoms with Crippen LogP contribution in [0.4, 0.5) is 0 Å². The van der Waals surface area contributed by atoms with Gasteiger partial charge < -0.3 is 14.6 Å². The normalized spacial score (nSPS) is 22.8. The molecule has 0 saturated carbocycles. The van der Waals surface area contributed by atoms with E-state index >= 15 is 0 Å². The first kappa shape index (κ1) is 19.2. The Labute approximate surface area is 155 Å². The number of nitrogens with one attached hydrogen (secondary N) is 1. The number of hydroxylamine groups is 1. The topological polar surface area (TPSA) is 135 Å². The van der Waals surface area contributed by atoms with Gasteiger partial charge in [-0.25, -0.2) is 13.9 Å². The first-order valence-corrected chi connectivity index (χ1v) is 9.59. The number of rotatable bonds is 5. The Kier molecular flexibility index (Phi) is 5.42. The highest BCUT2D eigenvalue weighted by Gasteiger charge is 2.53. The molecular formula is C17H18N2O7S. The lowest BCUT2D eigenvalue weighted by atomic mass is 9.95. The molecule has 1 saturated heterocycles. The molecule has 2 unspecified atom stereocenters. The molecular weight excluding hydrogens is 376 g/mol. The van der Waals surface area contributed by atoms with Crippen molar-refractivity contribution in [1.82, 2.24) is 10.5 Å². The zero-order valence-electron chi connectivity index (χ0n) is 14.1. The fourth-order valence-corrected chi connectivity index (χ4v) is 4.81. The van der Waals surface area contributed by atoms with Crippen molar-refractivity contribution in [2.45, 2.75) is 22.2 Å². The Balaban J connectivity index is 1.86. The number of sulfone groups is 1. The molecule has 1 aromatic carbocycles. The number of aliphatic hydroxyl groups is 1. The van der Waals surface area contributed by atoms with Crippen LogP contribution in [0.1, 0.15) is 6.42 Å². The first-order chi connectivity index (χ1) is 12.9. The zero-order valence-corrected chi connectivity index (χ0v) is 14.9. The van der Waals surface area contributed by atoms with E-state index < -0.39 is 33.2 Å². The number of ether oxygens (including phenoxy) is 2. The van der Waals surface area contributed by atoms with Crippen LogP contribution >= 0.6 is 0 Å². The Morgan fingerprint density at radius 3 is 2.44 bits per heavy atom. The Morgan fingerprint density at radius 2 is 1.81 bits per heavy atom. The molecule has 0 aliphatic carbocycles. The second-order valence-corrected chi connectivity index (χ2v) is 8.13. The van der Waals surface area contributed by atoms with E-state index in [-0.39, 0.29) is 17.9 Å². The minimum absolute atomic E-state index is 0.0636. The van der Waals surface area contributed by atoms with Crippen LogP contribution in [0.2, 0.25) is 0 Å². The summed E-state index contributed by atoms with van der Waals surface area (Å²) in [4.78, 5) is 15.6. The standard InChI is InChI=1S/C17H18N2O7S/c20-16(19-22)17(21)11-25-10-7-15(17)27(23,24)14-3-1-12(2-4-14)26-13-5-8-18-9-6-13/h1-6,8-9,15,21-22H,7,10-11H2,(H,19,20). The van der Waals surface area contributed by atoms with E-state index in [1.54, 1.807) is 24.5 Å². The lowest BCUT2D eigenvalue weighted by Gasteiger charge is -2.36. The maximum Gasteiger partial charge on any atom is 0.279 e. The van der Waals surface area contributed by atoms with Gasteiger partial charge in [0.2, 0.25) is 0 Å². The van der Waals surface area contributed by atoms with Gasteiger partial charge in [0.15, 0.2) is 15.4 Å². The Hall–Kier alpha value is -2.53. The number of pyridine rings is 1. The van der Waals surface area contributed by atoms with E-state index in [9.17, 15) is 18.3 Å². The molecule has 1 aliphatic heterocycles. The van der Waals surface area contributed by atoms with Crippen molar-refractivity contribution in [3.05, 3.63) is 48.8 Å². The lowest BCUT2D eigenvalue weighted by Crippen LogP contribution is -2.62. The fourth-order valence-electron chi connectivity index (χ4n) is 2.87. The van der Waals surface area contributed by atoms with Crippen LogP contribution in [-0.2, 0) is 19.4 Å². The Bertz CT molecular complexity index is 903. The average Bonchev–Trinajstić information content (AvgIpc) is 2.68. The van der Waals surface area contributed by atoms with Crippen molar-refractivity contribution in [3.63, 3.8) is 0 Å². The summed E-state index contributed by atoms with van der Waals surface area (Å²) in [5.74, 6) is -0.275. The van der Waals surface area contributed by atoms with Gasteiger partial charge in [-0.1, -0.05) is 0 Å². The van der Waals surface area contributed by atoms with E-state index in [1.165, 1.54) is 29.7 Å². The quantitative estimate of drug-likeness (QED) is 0.498. The third-order valence-electron chi connectivity index (χ3n) is 4.29. The highest BCUT2D eigenvalue weighted by molar-refractivity contribution is 7.92. The molecule has 2 aromatic rings. The van der Waals surface area contributed by atoms with Crippen LogP contribution in [0.3, 0.4) is 0 Å².